The van der Waals surface area contributed by atoms with Crippen LogP contribution in [0.25, 0.3) is 51.1 Å². The van der Waals surface area contributed by atoms with Crippen molar-refractivity contribution in [1.29, 1.82) is 0 Å². The average molecular weight is 797 g/mol. The highest BCUT2D eigenvalue weighted by atomic mass is 15.2. The van der Waals surface area contributed by atoms with E-state index in [2.05, 4.69) is 223 Å². The van der Waals surface area contributed by atoms with E-state index < -0.39 is 0 Å². The molecule has 2 aliphatic heterocycles. The molecule has 62 heavy (non-hydrogen) atoms. The van der Waals surface area contributed by atoms with Gasteiger partial charge in [0.05, 0.1) is 11.7 Å². The minimum atomic E-state index is -0.340. The van der Waals surface area contributed by atoms with Crippen LogP contribution < -0.4 is 21.1 Å². The molecule has 2 unspecified atom stereocenters. The minimum absolute atomic E-state index is 0.00284. The summed E-state index contributed by atoms with van der Waals surface area (Å²) in [5.74, 6) is 1.48. The fraction of sp³-hybridized carbons (Fsp3) is 0.0690. The summed E-state index contributed by atoms with van der Waals surface area (Å²) in [7, 11) is 0. The topological polar surface area (TPSA) is 48.8 Å². The maximum absolute atomic E-state index is 5.28. The van der Waals surface area contributed by atoms with Crippen LogP contribution in [0.4, 0.5) is 5.69 Å². The lowest BCUT2D eigenvalue weighted by Gasteiger charge is -2.30. The van der Waals surface area contributed by atoms with Gasteiger partial charge in [-0.2, -0.15) is 0 Å². The molecule has 2 N–H and O–H groups in total. The lowest BCUT2D eigenvalue weighted by Crippen LogP contribution is -2.34. The van der Waals surface area contributed by atoms with E-state index in [0.717, 1.165) is 52.2 Å². The number of hydrogen-bond donors (Lipinski definition) is 2. The molecule has 8 aromatic carbocycles. The molecular formula is C58H44N4. The summed E-state index contributed by atoms with van der Waals surface area (Å²) in [6, 6.07) is 71.2. The molecule has 296 valence electrons. The second-order valence-electron chi connectivity index (χ2n) is 16.1. The molecule has 2 heterocycles. The number of nitrogens with one attached hydrogen (secondary N) is 2. The Morgan fingerprint density at radius 1 is 0.435 bits per heavy atom. The SMILES string of the molecule is C1=C(c2ccccc2)c2c(c(-c3cccc(C4=NC(c5ccc(-c6ccccc6)cc5)=NC(c5ccc(-c6ccccc6)cc5)N4)c3)cc3c2=CCCC=3)NC1c1ccccc1. The Kier molecular flexibility index (Phi) is 9.79. The van der Waals surface area contributed by atoms with Crippen LogP contribution in [-0.4, -0.2) is 11.7 Å². The molecule has 11 rings (SSSR count). The molecule has 4 nitrogen and oxygen atoms in total. The molecule has 8 aromatic rings. The molecule has 0 bridgehead atoms. The molecule has 0 spiro atoms. The molecule has 0 saturated heterocycles. The average Bonchev–Trinajstić information content (AvgIpc) is 3.37. The highest BCUT2D eigenvalue weighted by Crippen LogP contribution is 2.42. The molecular weight excluding hydrogens is 753 g/mol. The van der Waals surface area contributed by atoms with Crippen molar-refractivity contribution in [3.05, 3.63) is 250 Å². The molecule has 0 amide bonds. The van der Waals surface area contributed by atoms with Crippen molar-refractivity contribution in [1.82, 2.24) is 5.32 Å². The second kappa shape index (κ2) is 16.3. The van der Waals surface area contributed by atoms with E-state index in [1.807, 2.05) is 6.07 Å². The van der Waals surface area contributed by atoms with Crippen LogP contribution in [0.15, 0.2) is 216 Å². The van der Waals surface area contributed by atoms with Crippen molar-refractivity contribution >= 4 is 35.1 Å². The van der Waals surface area contributed by atoms with Crippen LogP contribution in [0.5, 0.6) is 0 Å². The van der Waals surface area contributed by atoms with Crippen molar-refractivity contribution in [2.75, 3.05) is 5.32 Å². The molecule has 0 fully saturated rings. The van der Waals surface area contributed by atoms with Gasteiger partial charge < -0.3 is 10.6 Å². The van der Waals surface area contributed by atoms with E-state index in [1.165, 1.54) is 55.0 Å². The minimum Gasteiger partial charge on any atom is -0.374 e. The number of hydrogen-bond acceptors (Lipinski definition) is 4. The van der Waals surface area contributed by atoms with E-state index >= 15 is 0 Å². The van der Waals surface area contributed by atoms with Crippen molar-refractivity contribution in [2.24, 2.45) is 9.98 Å². The van der Waals surface area contributed by atoms with E-state index in [-0.39, 0.29) is 12.2 Å². The molecule has 0 radical (unpaired) electrons. The fourth-order valence-corrected chi connectivity index (χ4v) is 9.04. The number of benzene rings is 8. The van der Waals surface area contributed by atoms with Crippen LogP contribution in [0.2, 0.25) is 0 Å². The number of rotatable bonds is 8. The number of fused-ring (bicyclic) bond motifs is 3. The van der Waals surface area contributed by atoms with Gasteiger partial charge in [-0.25, -0.2) is 9.98 Å². The lowest BCUT2D eigenvalue weighted by molar-refractivity contribution is 0.674. The predicted octanol–water partition coefficient (Wildman–Crippen LogP) is 12.1. The zero-order valence-corrected chi connectivity index (χ0v) is 34.2. The number of aliphatic imine (C=N–C) groups is 2. The quantitative estimate of drug-likeness (QED) is 0.161. The Balaban J connectivity index is 1.03. The first kappa shape index (κ1) is 37.2. The highest BCUT2D eigenvalue weighted by Gasteiger charge is 2.27. The van der Waals surface area contributed by atoms with Gasteiger partial charge in [-0.3, -0.25) is 0 Å². The Bertz CT molecular complexity index is 3130. The van der Waals surface area contributed by atoms with Crippen molar-refractivity contribution in [2.45, 2.75) is 25.0 Å². The number of amidine groups is 2. The fourth-order valence-electron chi connectivity index (χ4n) is 9.04. The summed E-state index contributed by atoms with van der Waals surface area (Å²) in [5.41, 5.74) is 16.1. The van der Waals surface area contributed by atoms with Gasteiger partial charge in [0.15, 0.2) is 5.84 Å². The van der Waals surface area contributed by atoms with Crippen molar-refractivity contribution < 1.29 is 0 Å². The van der Waals surface area contributed by atoms with Gasteiger partial charge in [0.1, 0.15) is 12.0 Å². The smallest absolute Gasteiger partial charge is 0.159 e. The zero-order valence-electron chi connectivity index (χ0n) is 34.2. The van der Waals surface area contributed by atoms with Crippen molar-refractivity contribution in [3.63, 3.8) is 0 Å². The maximum atomic E-state index is 5.28. The predicted molar refractivity (Wildman–Crippen MR) is 258 cm³/mol. The first-order chi connectivity index (χ1) is 30.7. The molecule has 3 aliphatic rings. The molecule has 2 atom stereocenters. The van der Waals surface area contributed by atoms with Crippen LogP contribution in [-0.2, 0) is 0 Å². The molecule has 4 heteroatoms. The van der Waals surface area contributed by atoms with Gasteiger partial charge in [0.2, 0.25) is 0 Å². The van der Waals surface area contributed by atoms with Crippen LogP contribution in [0, 0.1) is 0 Å². The first-order valence-electron chi connectivity index (χ1n) is 21.5. The van der Waals surface area contributed by atoms with E-state index in [9.17, 15) is 0 Å². The maximum Gasteiger partial charge on any atom is 0.159 e. The van der Waals surface area contributed by atoms with Crippen LogP contribution >= 0.6 is 0 Å². The largest absolute Gasteiger partial charge is 0.374 e. The third-order valence-corrected chi connectivity index (χ3v) is 12.2. The monoisotopic (exact) mass is 796 g/mol. The van der Waals surface area contributed by atoms with Gasteiger partial charge in [-0.1, -0.05) is 200 Å². The number of anilines is 1. The third kappa shape index (κ3) is 7.26. The van der Waals surface area contributed by atoms with E-state index in [0.29, 0.717) is 5.84 Å². The summed E-state index contributed by atoms with van der Waals surface area (Å²) in [6.45, 7) is 0. The Morgan fingerprint density at radius 3 is 1.66 bits per heavy atom. The first-order valence-corrected chi connectivity index (χ1v) is 21.5. The summed E-state index contributed by atoms with van der Waals surface area (Å²) in [4.78, 5) is 10.5. The normalized spacial score (nSPS) is 16.4. The zero-order chi connectivity index (χ0) is 41.2. The third-order valence-electron chi connectivity index (χ3n) is 12.2. The molecule has 0 saturated carbocycles. The lowest BCUT2D eigenvalue weighted by atomic mass is 9.83. The van der Waals surface area contributed by atoms with Gasteiger partial charge in [-0.05, 0) is 91.6 Å². The van der Waals surface area contributed by atoms with Gasteiger partial charge in [0.25, 0.3) is 0 Å². The Morgan fingerprint density at radius 2 is 0.984 bits per heavy atom. The van der Waals surface area contributed by atoms with E-state index in [4.69, 9.17) is 9.98 Å². The van der Waals surface area contributed by atoms with Crippen molar-refractivity contribution in [3.8, 4) is 33.4 Å². The standard InChI is InChI=1S/C58H44N4/c1-5-16-39(17-6-1)41-28-32-45(33-29-41)56-60-57(46-34-30-42(31-35-46)40-18-7-2-8-19-40)62-58(61-56)49-26-15-25-47(36-49)52-37-48-24-13-14-27-50(48)54-51(43-20-9-3-10-21-43)38-53(59-55(52)54)44-22-11-4-12-23-44/h1-12,15-38,53,56,59H,13-14H2,(H,60,61,62). The van der Waals surface area contributed by atoms with Gasteiger partial charge in [0, 0.05) is 22.3 Å². The summed E-state index contributed by atoms with van der Waals surface area (Å²) < 4.78 is 0. The molecule has 0 aromatic heterocycles. The number of nitrogens with zero attached hydrogens (tertiary/aromatic N) is 2. The highest BCUT2D eigenvalue weighted by molar-refractivity contribution is 6.13. The summed E-state index contributed by atoms with van der Waals surface area (Å²) >= 11 is 0. The Hall–Kier alpha value is -7.82. The van der Waals surface area contributed by atoms with Crippen LogP contribution in [0.1, 0.15) is 58.4 Å². The summed E-state index contributed by atoms with van der Waals surface area (Å²) in [6.07, 6.45) is 8.96. The van der Waals surface area contributed by atoms with Gasteiger partial charge in [-0.15, -0.1) is 0 Å². The van der Waals surface area contributed by atoms with E-state index in [1.54, 1.807) is 0 Å². The van der Waals surface area contributed by atoms with Gasteiger partial charge >= 0.3 is 0 Å². The molecule has 1 aliphatic carbocycles. The Labute approximate surface area is 362 Å². The van der Waals surface area contributed by atoms with Crippen LogP contribution in [0.3, 0.4) is 0 Å². The summed E-state index contributed by atoms with van der Waals surface area (Å²) in [5, 5.41) is 10.4. The second-order valence-corrected chi connectivity index (χ2v) is 16.1.